The van der Waals surface area contributed by atoms with Gasteiger partial charge in [0.05, 0.1) is 0 Å². The topological polar surface area (TPSA) is 71.2 Å². The highest BCUT2D eigenvalue weighted by atomic mass is 16.3. The number of nitrogen functional groups attached to an aromatic ring is 1. The van der Waals surface area contributed by atoms with E-state index in [0.29, 0.717) is 18.8 Å². The summed E-state index contributed by atoms with van der Waals surface area (Å²) >= 11 is 0. The van der Waals surface area contributed by atoms with Gasteiger partial charge in [-0.2, -0.15) is 0 Å². The minimum Gasteiger partial charge on any atom is -0.384 e. The van der Waals surface area contributed by atoms with E-state index >= 15 is 0 Å². The van der Waals surface area contributed by atoms with Crippen molar-refractivity contribution < 1.29 is 5.11 Å². The van der Waals surface area contributed by atoms with E-state index < -0.39 is 5.60 Å². The molecule has 1 atom stereocenters. The zero-order valence-electron chi connectivity index (χ0n) is 8.25. The number of nitrogens with zero attached hydrogens (tertiary/aromatic N) is 1. The number of pyridine rings is 1. The SMILES string of the molecule is Cc1ccnc(N)c1C1(O)CCNC1. The van der Waals surface area contributed by atoms with E-state index in [9.17, 15) is 5.11 Å². The number of nitrogens with two attached hydrogens (primary N) is 1. The molecule has 1 fully saturated rings. The molecule has 0 spiro atoms. The molecule has 4 N–H and O–H groups in total. The van der Waals surface area contributed by atoms with E-state index in [1.807, 2.05) is 13.0 Å². The fourth-order valence-electron chi connectivity index (χ4n) is 2.08. The summed E-state index contributed by atoms with van der Waals surface area (Å²) in [5.41, 5.74) is 6.74. The third-order valence-electron chi connectivity index (χ3n) is 2.79. The van der Waals surface area contributed by atoms with Gasteiger partial charge in [-0.15, -0.1) is 0 Å². The van der Waals surface area contributed by atoms with Crippen molar-refractivity contribution in [1.82, 2.24) is 10.3 Å². The number of rotatable bonds is 1. The van der Waals surface area contributed by atoms with E-state index in [4.69, 9.17) is 5.73 Å². The summed E-state index contributed by atoms with van der Waals surface area (Å²) in [6.45, 7) is 3.33. The molecule has 1 aliphatic rings. The Bertz CT molecular complexity index is 325. The molecule has 1 aromatic heterocycles. The minimum absolute atomic E-state index is 0.441. The lowest BCUT2D eigenvalue weighted by Crippen LogP contribution is -2.30. The minimum atomic E-state index is -0.831. The first kappa shape index (κ1) is 9.43. The predicted octanol–water partition coefficient (Wildman–Crippen LogP) is 0.153. The first-order valence-electron chi connectivity index (χ1n) is 4.78. The highest BCUT2D eigenvalue weighted by Gasteiger charge is 2.36. The van der Waals surface area contributed by atoms with Gasteiger partial charge in [-0.05, 0) is 31.5 Å². The van der Waals surface area contributed by atoms with Gasteiger partial charge in [0.1, 0.15) is 11.4 Å². The number of anilines is 1. The average Bonchev–Trinajstić information content (AvgIpc) is 2.52. The van der Waals surface area contributed by atoms with Crippen LogP contribution in [0.15, 0.2) is 12.3 Å². The average molecular weight is 193 g/mol. The lowest BCUT2D eigenvalue weighted by Gasteiger charge is -2.24. The maximum Gasteiger partial charge on any atom is 0.129 e. The van der Waals surface area contributed by atoms with Gasteiger partial charge in [0.2, 0.25) is 0 Å². The van der Waals surface area contributed by atoms with Crippen LogP contribution < -0.4 is 11.1 Å². The smallest absolute Gasteiger partial charge is 0.129 e. The first-order valence-corrected chi connectivity index (χ1v) is 4.78. The van der Waals surface area contributed by atoms with Crippen LogP contribution in [-0.2, 0) is 5.60 Å². The highest BCUT2D eigenvalue weighted by molar-refractivity contribution is 5.48. The van der Waals surface area contributed by atoms with Gasteiger partial charge >= 0.3 is 0 Å². The molecule has 1 unspecified atom stereocenters. The Morgan fingerprint density at radius 1 is 1.64 bits per heavy atom. The van der Waals surface area contributed by atoms with Crippen LogP contribution in [0.3, 0.4) is 0 Å². The molecular weight excluding hydrogens is 178 g/mol. The zero-order valence-corrected chi connectivity index (χ0v) is 8.25. The number of hydrogen-bond acceptors (Lipinski definition) is 4. The molecule has 0 aromatic carbocycles. The lowest BCUT2D eigenvalue weighted by atomic mass is 9.90. The predicted molar refractivity (Wildman–Crippen MR) is 54.8 cm³/mol. The fourth-order valence-corrected chi connectivity index (χ4v) is 2.08. The van der Waals surface area contributed by atoms with Crippen LogP contribution in [0.1, 0.15) is 17.5 Å². The van der Waals surface area contributed by atoms with Crippen LogP contribution in [0, 0.1) is 6.92 Å². The van der Waals surface area contributed by atoms with Crippen molar-refractivity contribution in [2.45, 2.75) is 18.9 Å². The van der Waals surface area contributed by atoms with E-state index in [2.05, 4.69) is 10.3 Å². The second-order valence-electron chi connectivity index (χ2n) is 3.85. The molecule has 2 heterocycles. The molecule has 1 aromatic rings. The highest BCUT2D eigenvalue weighted by Crippen LogP contribution is 2.32. The molecule has 1 aliphatic heterocycles. The summed E-state index contributed by atoms with van der Waals surface area (Å²) in [5, 5.41) is 13.5. The molecule has 0 saturated carbocycles. The fraction of sp³-hybridized carbons (Fsp3) is 0.500. The normalized spacial score (nSPS) is 26.7. The molecule has 2 rings (SSSR count). The van der Waals surface area contributed by atoms with E-state index in [1.165, 1.54) is 0 Å². The van der Waals surface area contributed by atoms with Gasteiger partial charge in [-0.1, -0.05) is 0 Å². The summed E-state index contributed by atoms with van der Waals surface area (Å²) < 4.78 is 0. The van der Waals surface area contributed by atoms with Gasteiger partial charge in [-0.3, -0.25) is 0 Å². The molecular formula is C10H15N3O. The van der Waals surface area contributed by atoms with Crippen molar-refractivity contribution >= 4 is 5.82 Å². The Morgan fingerprint density at radius 2 is 2.43 bits per heavy atom. The summed E-state index contributed by atoms with van der Waals surface area (Å²) in [6.07, 6.45) is 2.36. The number of aliphatic hydroxyl groups is 1. The van der Waals surface area contributed by atoms with E-state index in [0.717, 1.165) is 17.7 Å². The monoisotopic (exact) mass is 193 g/mol. The summed E-state index contributed by atoms with van der Waals surface area (Å²) in [6, 6.07) is 1.88. The number of hydrogen-bond donors (Lipinski definition) is 3. The number of nitrogens with one attached hydrogen (secondary N) is 1. The van der Waals surface area contributed by atoms with Crippen LogP contribution in [0.5, 0.6) is 0 Å². The van der Waals surface area contributed by atoms with Gasteiger partial charge in [0.15, 0.2) is 0 Å². The Morgan fingerprint density at radius 3 is 3.00 bits per heavy atom. The van der Waals surface area contributed by atoms with Crippen LogP contribution in [0.25, 0.3) is 0 Å². The molecule has 0 amide bonds. The lowest BCUT2D eigenvalue weighted by molar-refractivity contribution is 0.0586. The zero-order chi connectivity index (χ0) is 10.2. The van der Waals surface area contributed by atoms with E-state index in [-0.39, 0.29) is 0 Å². The molecule has 14 heavy (non-hydrogen) atoms. The van der Waals surface area contributed by atoms with Gasteiger partial charge in [0, 0.05) is 18.3 Å². The molecule has 1 saturated heterocycles. The number of β-amino-alcohol motifs (C(OH)–C–C–N with tert-alkyl or cyclic N) is 1. The Hall–Kier alpha value is -1.13. The molecule has 76 valence electrons. The van der Waals surface area contributed by atoms with Crippen molar-refractivity contribution in [1.29, 1.82) is 0 Å². The third kappa shape index (κ3) is 1.36. The Kier molecular flexibility index (Phi) is 2.17. The molecule has 0 bridgehead atoms. The molecule has 4 heteroatoms. The largest absolute Gasteiger partial charge is 0.384 e. The van der Waals surface area contributed by atoms with E-state index in [1.54, 1.807) is 6.20 Å². The number of aryl methyl sites for hydroxylation is 1. The van der Waals surface area contributed by atoms with Crippen LogP contribution in [0.2, 0.25) is 0 Å². The molecule has 0 aliphatic carbocycles. The second-order valence-corrected chi connectivity index (χ2v) is 3.85. The molecule has 4 nitrogen and oxygen atoms in total. The Balaban J connectivity index is 2.49. The van der Waals surface area contributed by atoms with Crippen molar-refractivity contribution in [3.63, 3.8) is 0 Å². The van der Waals surface area contributed by atoms with Crippen LogP contribution in [-0.4, -0.2) is 23.2 Å². The Labute approximate surface area is 83.2 Å². The third-order valence-corrected chi connectivity index (χ3v) is 2.79. The second kappa shape index (κ2) is 3.22. The van der Waals surface area contributed by atoms with Crippen molar-refractivity contribution in [2.24, 2.45) is 0 Å². The van der Waals surface area contributed by atoms with Gasteiger partial charge in [-0.25, -0.2) is 4.98 Å². The van der Waals surface area contributed by atoms with Crippen molar-refractivity contribution in [2.75, 3.05) is 18.8 Å². The summed E-state index contributed by atoms with van der Waals surface area (Å²) in [4.78, 5) is 4.02. The maximum atomic E-state index is 10.3. The van der Waals surface area contributed by atoms with Gasteiger partial charge in [0.25, 0.3) is 0 Å². The van der Waals surface area contributed by atoms with Crippen molar-refractivity contribution in [3.8, 4) is 0 Å². The standard InChI is InChI=1S/C10H15N3O/c1-7-2-4-13-9(11)8(7)10(14)3-5-12-6-10/h2,4,12,14H,3,5-6H2,1H3,(H2,11,13). The number of aromatic nitrogens is 1. The first-order chi connectivity index (χ1) is 6.63. The summed E-state index contributed by atoms with van der Waals surface area (Å²) in [5.74, 6) is 0.441. The quantitative estimate of drug-likeness (QED) is 0.594. The van der Waals surface area contributed by atoms with Crippen molar-refractivity contribution in [3.05, 3.63) is 23.4 Å². The van der Waals surface area contributed by atoms with Crippen LogP contribution in [0.4, 0.5) is 5.82 Å². The van der Waals surface area contributed by atoms with Gasteiger partial charge < -0.3 is 16.2 Å². The maximum absolute atomic E-state index is 10.3. The molecule has 0 radical (unpaired) electrons. The summed E-state index contributed by atoms with van der Waals surface area (Å²) in [7, 11) is 0. The van der Waals surface area contributed by atoms with Crippen LogP contribution >= 0.6 is 0 Å².